The van der Waals surface area contributed by atoms with Crippen molar-refractivity contribution in [3.05, 3.63) is 167 Å². The first kappa shape index (κ1) is 74.1. The molecule has 4 aliphatic heterocycles. The number of hydrogen-bond acceptors (Lipinski definition) is 17. The number of ether oxygens (including phenoxy) is 2. The first-order chi connectivity index (χ1) is 46.9. The largest absolute Gasteiger partial charge is 0.452 e. The number of nitrogens with zero attached hydrogens (tertiary/aromatic N) is 6. The predicted molar refractivity (Wildman–Crippen MR) is 389 cm³/mol. The summed E-state index contributed by atoms with van der Waals surface area (Å²) >= 11 is 12.3. The van der Waals surface area contributed by atoms with Gasteiger partial charge in [-0.1, -0.05) is 29.3 Å². The minimum Gasteiger partial charge on any atom is -0.452 e. The molecule has 2 saturated heterocycles. The van der Waals surface area contributed by atoms with Crippen LogP contribution in [0.1, 0.15) is 86.5 Å². The van der Waals surface area contributed by atoms with Gasteiger partial charge in [-0.15, -0.1) is 0 Å². The van der Waals surface area contributed by atoms with E-state index in [0.717, 1.165) is 68.5 Å². The van der Waals surface area contributed by atoms with Crippen LogP contribution in [0.2, 0.25) is 10.0 Å². The standard InChI is InChI=1S/C25H31ClN4O5S.C22H25FN4O4S.C21H22ClN3O5S.6H2/c1-3-35-25(32)27-36(33,34)22-9-7-21(8-10-22)28-13-15-29(16-14-28)24(31)18(2)30-12-4-5-19-17-20(26)6-11-23(19)30;1-14(27-13-12-17-18(23)6-5-7-19(17)27)20(28)24-15-8-10-16(11-9-15)32(30,31)26-21(29)25-22(2,3)4;1-30-21(27)23-31(28,29)17-7-5-16(6-8-17)24-12-10-19(20(24)26)25-11-2-3-14-13-15(22)4-9-18(14)25;;;;;;/h6-11,17-18H,3-5,12-16H2,1-2H3,(H,27,32);5-14H,1-4H3,(H,24,28)(H2,25,26,29);4-9,13,19H,2-3,10-12H2,1H3,(H,23,27);6*1H/t18-;14-;19-;;;;;;/m110....../s1. The lowest BCUT2D eigenvalue weighted by Crippen LogP contribution is -2.55. The molecule has 3 atom stereocenters. The van der Waals surface area contributed by atoms with Crippen LogP contribution in [0.5, 0.6) is 0 Å². The molecule has 0 bridgehead atoms. The molecule has 99 heavy (non-hydrogen) atoms. The van der Waals surface area contributed by atoms with Gasteiger partial charge in [0.2, 0.25) is 17.7 Å². The van der Waals surface area contributed by atoms with Crippen LogP contribution in [0.4, 0.5) is 47.2 Å². The summed E-state index contributed by atoms with van der Waals surface area (Å²) in [6.45, 7) is 15.1. The van der Waals surface area contributed by atoms with Gasteiger partial charge in [0.1, 0.15) is 23.9 Å². The first-order valence-electron chi connectivity index (χ1n) is 31.8. The van der Waals surface area contributed by atoms with Crippen LogP contribution in [0.3, 0.4) is 0 Å². The van der Waals surface area contributed by atoms with Crippen molar-refractivity contribution < 1.29 is 76.4 Å². The number of carbonyl (C=O) groups excluding carboxylic acids is 6. The molecule has 2 fully saturated rings. The molecule has 7 aromatic rings. The van der Waals surface area contributed by atoms with Gasteiger partial charge in [0.25, 0.3) is 30.1 Å². The monoisotopic (exact) mass is 1470 g/mol. The average molecular weight is 1470 g/mol. The highest BCUT2D eigenvalue weighted by atomic mass is 35.5. The molecule has 4 aliphatic rings. The SMILES string of the molecule is CCOC(=O)NS(=O)(=O)c1ccc(N2CCN(C(=O)[C@@H](C)N3CCCc4cc(Cl)ccc43)CC2)cc1.COC(=O)NS(=O)(=O)c1ccc(N2CC[C@H](N3CCCc4cc(Cl)ccc43)C2=O)cc1.C[C@H](C(=O)Nc1ccc(S(=O)(=O)NC(=O)NC(C)(C)C)cc1)n1ccc2c(F)cccc21.[HH].[HH].[HH].[HH].[HH].[HH]. The van der Waals surface area contributed by atoms with E-state index in [1.165, 1.54) is 60.2 Å². The summed E-state index contributed by atoms with van der Waals surface area (Å²) < 4.78 is 104. The second kappa shape index (κ2) is 31.4. The Labute approximate surface area is 593 Å². The number of piperazine rings is 1. The van der Waals surface area contributed by atoms with Crippen LogP contribution in [0.15, 0.2) is 154 Å². The van der Waals surface area contributed by atoms with Gasteiger partial charge in [-0.3, -0.25) is 14.4 Å². The highest BCUT2D eigenvalue weighted by Gasteiger charge is 2.39. The zero-order chi connectivity index (χ0) is 71.7. The van der Waals surface area contributed by atoms with Crippen LogP contribution in [-0.4, -0.2) is 148 Å². The Hall–Kier alpha value is -9.16. The molecular formula is C68H90Cl2FN11O14S3. The highest BCUT2D eigenvalue weighted by molar-refractivity contribution is 7.90. The fourth-order valence-corrected chi connectivity index (χ4v) is 15.1. The lowest BCUT2D eigenvalue weighted by molar-refractivity contribution is -0.132. The molecule has 6 aromatic carbocycles. The van der Waals surface area contributed by atoms with Gasteiger partial charge in [-0.25, -0.2) is 58.2 Å². The number of rotatable bonds is 15. The maximum absolute atomic E-state index is 13.9. The van der Waals surface area contributed by atoms with Gasteiger partial charge >= 0.3 is 18.2 Å². The van der Waals surface area contributed by atoms with Crippen molar-refractivity contribution in [2.75, 3.05) is 84.4 Å². The number of methoxy groups -OCH3 is 1. The maximum Gasteiger partial charge on any atom is 0.421 e. The Morgan fingerprint density at radius 1 is 0.646 bits per heavy atom. The molecule has 0 saturated carbocycles. The van der Waals surface area contributed by atoms with Crippen molar-refractivity contribution in [1.82, 2.24) is 29.0 Å². The van der Waals surface area contributed by atoms with Crippen LogP contribution < -0.4 is 44.4 Å². The van der Waals surface area contributed by atoms with E-state index in [1.54, 1.807) is 97.5 Å². The van der Waals surface area contributed by atoms with E-state index in [-0.39, 0.29) is 65.5 Å². The Kier molecular flexibility index (Phi) is 23.5. The zero-order valence-corrected chi connectivity index (χ0v) is 59.4. The van der Waals surface area contributed by atoms with E-state index < -0.39 is 59.9 Å². The summed E-state index contributed by atoms with van der Waals surface area (Å²) in [6, 6.07) is 33.5. The number of carbonyl (C=O) groups is 6. The van der Waals surface area contributed by atoms with Crippen molar-refractivity contribution >= 4 is 129 Å². The molecular weight excluding hydrogens is 1380 g/mol. The molecule has 540 valence electrons. The molecule has 31 heteroatoms. The third kappa shape index (κ3) is 18.2. The molecule has 0 unspecified atom stereocenters. The highest BCUT2D eigenvalue weighted by Crippen LogP contribution is 2.36. The summed E-state index contributed by atoms with van der Waals surface area (Å²) in [7, 11) is -11.0. The summed E-state index contributed by atoms with van der Waals surface area (Å²) in [5.41, 5.74) is 6.30. The molecule has 1 aromatic heterocycles. The predicted octanol–water partition coefficient (Wildman–Crippen LogP) is 11.4. The van der Waals surface area contributed by atoms with Crippen molar-refractivity contribution in [2.24, 2.45) is 0 Å². The van der Waals surface area contributed by atoms with Crippen LogP contribution in [0.25, 0.3) is 10.9 Å². The van der Waals surface area contributed by atoms with E-state index in [0.29, 0.717) is 71.5 Å². The number of urea groups is 1. The number of benzene rings is 6. The smallest absolute Gasteiger partial charge is 0.421 e. The molecule has 0 radical (unpaired) electrons. The molecule has 0 aliphatic carbocycles. The van der Waals surface area contributed by atoms with Crippen molar-refractivity contribution in [3.63, 3.8) is 0 Å². The lowest BCUT2D eigenvalue weighted by Gasteiger charge is -2.41. The Morgan fingerprint density at radius 2 is 1.19 bits per heavy atom. The minimum atomic E-state index is -4.07. The van der Waals surface area contributed by atoms with E-state index in [9.17, 15) is 58.4 Å². The molecule has 5 heterocycles. The number of sulfonamides is 3. The summed E-state index contributed by atoms with van der Waals surface area (Å²) in [6.07, 6.45) is 4.08. The normalized spacial score (nSPS) is 16.1. The Morgan fingerprint density at radius 3 is 1.78 bits per heavy atom. The van der Waals surface area contributed by atoms with Crippen LogP contribution in [0, 0.1) is 5.82 Å². The van der Waals surface area contributed by atoms with Gasteiger partial charge in [-0.05, 0) is 212 Å². The van der Waals surface area contributed by atoms with Gasteiger partial charge in [0.15, 0.2) is 0 Å². The van der Waals surface area contributed by atoms with Crippen molar-refractivity contribution in [1.29, 1.82) is 0 Å². The fraction of sp³-hybridized carbons (Fsp3) is 0.353. The summed E-state index contributed by atoms with van der Waals surface area (Å²) in [4.78, 5) is 83.6. The minimum absolute atomic E-state index is 0. The van der Waals surface area contributed by atoms with Gasteiger partial charge in [-0.2, -0.15) is 0 Å². The summed E-state index contributed by atoms with van der Waals surface area (Å²) in [5.74, 6) is -0.643. The molecule has 0 spiro atoms. The van der Waals surface area contributed by atoms with E-state index >= 15 is 0 Å². The van der Waals surface area contributed by atoms with Gasteiger partial charge < -0.3 is 49.2 Å². The maximum atomic E-state index is 13.9. The zero-order valence-electron chi connectivity index (χ0n) is 55.5. The lowest BCUT2D eigenvalue weighted by atomic mass is 9.99. The fourth-order valence-electron chi connectivity index (χ4n) is 12.0. The van der Waals surface area contributed by atoms with E-state index in [1.807, 2.05) is 57.7 Å². The number of aryl methyl sites for hydroxylation is 2. The number of fused-ring (bicyclic) bond motifs is 3. The second-order valence-corrected chi connectivity index (χ2v) is 30.6. The number of nitrogens with one attached hydrogen (secondary N) is 5. The number of amides is 7. The molecule has 7 amide bonds. The van der Waals surface area contributed by atoms with Crippen molar-refractivity contribution in [2.45, 2.75) is 112 Å². The van der Waals surface area contributed by atoms with E-state index in [4.69, 9.17) is 23.2 Å². The van der Waals surface area contributed by atoms with Gasteiger partial charge in [0.05, 0.1) is 33.9 Å². The quantitative estimate of drug-likeness (QED) is 0.0637. The third-order valence-electron chi connectivity index (χ3n) is 16.9. The number of anilines is 5. The average Bonchev–Trinajstić information content (AvgIpc) is 1.76. The van der Waals surface area contributed by atoms with Crippen LogP contribution in [-0.2, 0) is 66.8 Å². The topological polar surface area (TPSA) is 305 Å². The van der Waals surface area contributed by atoms with E-state index in [2.05, 4.69) is 34.8 Å². The molecule has 25 nitrogen and oxygen atoms in total. The Balaban J connectivity index is 0.000000399. The summed E-state index contributed by atoms with van der Waals surface area (Å²) in [5, 5.41) is 7.05. The number of hydrogen-bond donors (Lipinski definition) is 5. The molecule has 11 rings (SSSR count). The second-order valence-electron chi connectivity index (χ2n) is 24.7. The van der Waals surface area contributed by atoms with Crippen LogP contribution >= 0.6 is 23.2 Å². The van der Waals surface area contributed by atoms with Crippen molar-refractivity contribution in [3.8, 4) is 0 Å². The molecule has 5 N–H and O–H groups in total. The third-order valence-corrected chi connectivity index (χ3v) is 21.4. The Bertz CT molecular complexity index is 4530. The first-order valence-corrected chi connectivity index (χ1v) is 37.0. The van der Waals surface area contributed by atoms with Gasteiger partial charge in [0, 0.05) is 110 Å². The number of aromatic nitrogens is 1. The number of halogens is 3.